The van der Waals surface area contributed by atoms with Crippen LogP contribution in [0.4, 0.5) is 0 Å². The Morgan fingerprint density at radius 2 is 1.88 bits per heavy atom. The molecule has 3 rings (SSSR count). The van der Waals surface area contributed by atoms with Gasteiger partial charge in [0.2, 0.25) is 11.8 Å². The van der Waals surface area contributed by atoms with Gasteiger partial charge in [0.15, 0.2) is 0 Å². The van der Waals surface area contributed by atoms with Crippen LogP contribution < -0.4 is 5.73 Å². The minimum absolute atomic E-state index is 0.120. The second-order valence-electron chi connectivity index (χ2n) is 7.34. The molecular formula is C20H29N3O3. The van der Waals surface area contributed by atoms with Gasteiger partial charge in [0.25, 0.3) is 0 Å². The first-order valence-corrected chi connectivity index (χ1v) is 9.48. The van der Waals surface area contributed by atoms with Gasteiger partial charge in [0.05, 0.1) is 19.1 Å². The van der Waals surface area contributed by atoms with Crippen molar-refractivity contribution < 1.29 is 14.3 Å². The number of ether oxygens (including phenoxy) is 1. The maximum Gasteiger partial charge on any atom is 0.234 e. The SMILES string of the molecule is COCc1cccc(CC(=O)N2CCC(N3CCCC3C(N)=O)CC2)c1. The van der Waals surface area contributed by atoms with E-state index in [-0.39, 0.29) is 17.9 Å². The van der Waals surface area contributed by atoms with Crippen molar-refractivity contribution in [1.82, 2.24) is 9.80 Å². The third kappa shape index (κ3) is 4.43. The molecule has 6 heteroatoms. The highest BCUT2D eigenvalue weighted by Crippen LogP contribution is 2.26. The molecule has 2 N–H and O–H groups in total. The maximum atomic E-state index is 12.6. The number of benzene rings is 1. The quantitative estimate of drug-likeness (QED) is 0.831. The number of methoxy groups -OCH3 is 1. The monoisotopic (exact) mass is 359 g/mol. The predicted octanol–water partition coefficient (Wildman–Crippen LogP) is 1.32. The summed E-state index contributed by atoms with van der Waals surface area (Å²) in [5.74, 6) is -0.0390. The number of primary amides is 1. The Kier molecular flexibility index (Phi) is 6.27. The summed E-state index contributed by atoms with van der Waals surface area (Å²) in [7, 11) is 1.67. The minimum Gasteiger partial charge on any atom is -0.380 e. The third-order valence-corrected chi connectivity index (χ3v) is 5.57. The number of likely N-dealkylation sites (tertiary alicyclic amines) is 2. The number of piperidine rings is 1. The average molecular weight is 359 g/mol. The summed E-state index contributed by atoms with van der Waals surface area (Å²) in [6.07, 6.45) is 4.16. The Hall–Kier alpha value is -1.92. The van der Waals surface area contributed by atoms with E-state index >= 15 is 0 Å². The van der Waals surface area contributed by atoms with Crippen LogP contribution in [0.1, 0.15) is 36.8 Å². The van der Waals surface area contributed by atoms with Crippen LogP contribution in [-0.2, 0) is 27.4 Å². The van der Waals surface area contributed by atoms with Crippen molar-refractivity contribution in [3.63, 3.8) is 0 Å². The van der Waals surface area contributed by atoms with Crippen LogP contribution in [0.15, 0.2) is 24.3 Å². The zero-order valence-electron chi connectivity index (χ0n) is 15.5. The van der Waals surface area contributed by atoms with Crippen LogP contribution in [0, 0.1) is 0 Å². The molecule has 0 bridgehead atoms. The van der Waals surface area contributed by atoms with Crippen LogP contribution in [0.3, 0.4) is 0 Å². The molecule has 0 radical (unpaired) electrons. The second kappa shape index (κ2) is 8.64. The molecule has 2 aliphatic heterocycles. The maximum absolute atomic E-state index is 12.6. The molecule has 2 amide bonds. The number of nitrogens with two attached hydrogens (primary N) is 1. The summed E-state index contributed by atoms with van der Waals surface area (Å²) in [4.78, 5) is 28.5. The first-order valence-electron chi connectivity index (χ1n) is 9.48. The van der Waals surface area contributed by atoms with Crippen molar-refractivity contribution in [1.29, 1.82) is 0 Å². The number of hydrogen-bond donors (Lipinski definition) is 1. The lowest BCUT2D eigenvalue weighted by Crippen LogP contribution is -2.51. The van der Waals surface area contributed by atoms with Crippen molar-refractivity contribution in [2.24, 2.45) is 5.73 Å². The van der Waals surface area contributed by atoms with Crippen LogP contribution >= 0.6 is 0 Å². The highest BCUT2D eigenvalue weighted by Gasteiger charge is 2.36. The molecule has 0 spiro atoms. The van der Waals surface area contributed by atoms with Gasteiger partial charge in [-0.2, -0.15) is 0 Å². The lowest BCUT2D eigenvalue weighted by molar-refractivity contribution is -0.133. The molecule has 2 saturated heterocycles. The summed E-state index contributed by atoms with van der Waals surface area (Å²) in [6, 6.07) is 8.26. The first-order chi connectivity index (χ1) is 12.6. The largest absolute Gasteiger partial charge is 0.380 e. The van der Waals surface area contributed by atoms with Gasteiger partial charge in [-0.1, -0.05) is 24.3 Å². The van der Waals surface area contributed by atoms with Gasteiger partial charge in [-0.3, -0.25) is 14.5 Å². The van der Waals surface area contributed by atoms with Gasteiger partial charge in [-0.05, 0) is 43.4 Å². The molecule has 2 heterocycles. The lowest BCUT2D eigenvalue weighted by Gasteiger charge is -2.38. The molecule has 0 aromatic heterocycles. The molecular weight excluding hydrogens is 330 g/mol. The number of amides is 2. The van der Waals surface area contributed by atoms with E-state index in [0.29, 0.717) is 19.1 Å². The Bertz CT molecular complexity index is 641. The Morgan fingerprint density at radius 3 is 2.58 bits per heavy atom. The smallest absolute Gasteiger partial charge is 0.234 e. The van der Waals surface area contributed by atoms with Crippen LogP contribution in [0.2, 0.25) is 0 Å². The van der Waals surface area contributed by atoms with Crippen molar-refractivity contribution in [2.45, 2.75) is 50.8 Å². The average Bonchev–Trinajstić information content (AvgIpc) is 3.12. The number of carbonyl (C=O) groups excluding carboxylic acids is 2. The van der Waals surface area contributed by atoms with Crippen molar-refractivity contribution in [3.8, 4) is 0 Å². The van der Waals surface area contributed by atoms with Crippen LogP contribution in [-0.4, -0.2) is 60.4 Å². The lowest BCUT2D eigenvalue weighted by atomic mass is 10.0. The first kappa shape index (κ1) is 18.9. The molecule has 2 fully saturated rings. The molecule has 0 saturated carbocycles. The fourth-order valence-electron chi connectivity index (χ4n) is 4.26. The van der Waals surface area contributed by atoms with Crippen molar-refractivity contribution in [2.75, 3.05) is 26.7 Å². The van der Waals surface area contributed by atoms with Gasteiger partial charge in [-0.15, -0.1) is 0 Å². The van der Waals surface area contributed by atoms with E-state index in [2.05, 4.69) is 4.90 Å². The molecule has 142 valence electrons. The predicted molar refractivity (Wildman–Crippen MR) is 99.4 cm³/mol. The number of nitrogens with zero attached hydrogens (tertiary/aromatic N) is 2. The normalized spacial score (nSPS) is 21.9. The van der Waals surface area contributed by atoms with Gasteiger partial charge < -0.3 is 15.4 Å². The standard InChI is InChI=1S/C20H29N3O3/c1-26-14-16-5-2-4-15(12-16)13-19(24)22-10-7-17(8-11-22)23-9-3-6-18(23)20(21)25/h2,4-5,12,17-18H,3,6-11,13-14H2,1H3,(H2,21,25). The van der Waals surface area contributed by atoms with E-state index in [1.54, 1.807) is 7.11 Å². The molecule has 6 nitrogen and oxygen atoms in total. The van der Waals surface area contributed by atoms with Crippen molar-refractivity contribution >= 4 is 11.8 Å². The number of hydrogen-bond acceptors (Lipinski definition) is 4. The van der Waals surface area contributed by atoms with E-state index in [9.17, 15) is 9.59 Å². The summed E-state index contributed by atoms with van der Waals surface area (Å²) in [5.41, 5.74) is 7.65. The Labute approximate surface area is 155 Å². The zero-order chi connectivity index (χ0) is 18.5. The van der Waals surface area contributed by atoms with E-state index < -0.39 is 0 Å². The number of carbonyl (C=O) groups is 2. The highest BCUT2D eigenvalue weighted by atomic mass is 16.5. The van der Waals surface area contributed by atoms with E-state index in [4.69, 9.17) is 10.5 Å². The number of rotatable bonds is 6. The van der Waals surface area contributed by atoms with Gasteiger partial charge >= 0.3 is 0 Å². The van der Waals surface area contributed by atoms with Gasteiger partial charge in [0, 0.05) is 26.2 Å². The molecule has 26 heavy (non-hydrogen) atoms. The molecule has 1 unspecified atom stereocenters. The molecule has 1 aromatic carbocycles. The summed E-state index contributed by atoms with van der Waals surface area (Å²) in [6.45, 7) is 3.01. The fraction of sp³-hybridized carbons (Fsp3) is 0.600. The molecule has 0 aliphatic carbocycles. The van der Waals surface area contributed by atoms with Gasteiger partial charge in [0.1, 0.15) is 0 Å². The topological polar surface area (TPSA) is 75.9 Å². The van der Waals surface area contributed by atoms with E-state index in [1.807, 2.05) is 29.2 Å². The van der Waals surface area contributed by atoms with Gasteiger partial charge in [-0.25, -0.2) is 0 Å². The third-order valence-electron chi connectivity index (χ3n) is 5.57. The molecule has 1 atom stereocenters. The molecule has 2 aliphatic rings. The highest BCUT2D eigenvalue weighted by molar-refractivity contribution is 5.80. The zero-order valence-corrected chi connectivity index (χ0v) is 15.5. The Morgan fingerprint density at radius 1 is 1.15 bits per heavy atom. The Balaban J connectivity index is 1.52. The van der Waals surface area contributed by atoms with Crippen LogP contribution in [0.5, 0.6) is 0 Å². The summed E-state index contributed by atoms with van der Waals surface area (Å²) in [5, 5.41) is 0. The molecule has 1 aromatic rings. The minimum atomic E-state index is -0.211. The summed E-state index contributed by atoms with van der Waals surface area (Å²) < 4.78 is 5.16. The fourth-order valence-corrected chi connectivity index (χ4v) is 4.26. The van der Waals surface area contributed by atoms with Crippen molar-refractivity contribution in [3.05, 3.63) is 35.4 Å². The second-order valence-corrected chi connectivity index (χ2v) is 7.34. The van der Waals surface area contributed by atoms with E-state index in [1.165, 1.54) is 0 Å². The summed E-state index contributed by atoms with van der Waals surface area (Å²) >= 11 is 0. The van der Waals surface area contributed by atoms with E-state index in [0.717, 1.165) is 56.4 Å². The van der Waals surface area contributed by atoms with Crippen LogP contribution in [0.25, 0.3) is 0 Å².